The molecule has 1 saturated heterocycles. The zero-order valence-electron chi connectivity index (χ0n) is 14.8. The number of esters is 3. The van der Waals surface area contributed by atoms with Crippen LogP contribution in [0.1, 0.15) is 27.7 Å². The predicted octanol–water partition coefficient (Wildman–Crippen LogP) is -0.711. The van der Waals surface area contributed by atoms with Crippen LogP contribution < -0.4 is 5.32 Å². The van der Waals surface area contributed by atoms with E-state index in [-0.39, 0.29) is 6.61 Å². The molecule has 0 aromatic rings. The second kappa shape index (κ2) is 9.33. The van der Waals surface area contributed by atoms with Crippen molar-refractivity contribution < 1.29 is 42.9 Å². The molecule has 1 aliphatic heterocycles. The maximum absolute atomic E-state index is 11.5. The van der Waals surface area contributed by atoms with E-state index in [2.05, 4.69) is 5.32 Å². The molecule has 0 aliphatic carbocycles. The van der Waals surface area contributed by atoms with Crippen LogP contribution in [0.2, 0.25) is 0 Å². The molecule has 0 spiro atoms. The number of hydrogen-bond donors (Lipinski definition) is 1. The molecular formula is C15H23NO9. The summed E-state index contributed by atoms with van der Waals surface area (Å²) in [6.45, 7) is 4.57. The summed E-state index contributed by atoms with van der Waals surface area (Å²) in [5.41, 5.74) is 0. The van der Waals surface area contributed by atoms with Crippen molar-refractivity contribution in [2.45, 2.75) is 58.3 Å². The van der Waals surface area contributed by atoms with E-state index in [4.69, 9.17) is 23.7 Å². The van der Waals surface area contributed by atoms with Gasteiger partial charge in [-0.2, -0.15) is 0 Å². The van der Waals surface area contributed by atoms with Crippen molar-refractivity contribution in [1.82, 2.24) is 5.32 Å². The molecule has 10 heteroatoms. The number of carbonyl (C=O) groups is 4. The molecule has 10 nitrogen and oxygen atoms in total. The summed E-state index contributed by atoms with van der Waals surface area (Å²) < 4.78 is 26.2. The second-order valence-electron chi connectivity index (χ2n) is 5.46. The van der Waals surface area contributed by atoms with Crippen molar-refractivity contribution in [2.75, 3.05) is 13.7 Å². The Balaban J connectivity index is 3.18. The monoisotopic (exact) mass is 361 g/mol. The van der Waals surface area contributed by atoms with Crippen molar-refractivity contribution in [2.24, 2.45) is 0 Å². The molecule has 0 bridgehead atoms. The average molecular weight is 361 g/mol. The summed E-state index contributed by atoms with van der Waals surface area (Å²) in [6.07, 6.45) is -4.17. The lowest BCUT2D eigenvalue weighted by Gasteiger charge is -2.44. The van der Waals surface area contributed by atoms with E-state index in [0.29, 0.717) is 0 Å². The van der Waals surface area contributed by atoms with Crippen LogP contribution in [0.15, 0.2) is 0 Å². The number of nitrogens with one attached hydrogen (secondary N) is 1. The highest BCUT2D eigenvalue weighted by Crippen LogP contribution is 2.27. The molecule has 0 aromatic carbocycles. The summed E-state index contributed by atoms with van der Waals surface area (Å²) in [5.74, 6) is -2.29. The van der Waals surface area contributed by atoms with Crippen molar-refractivity contribution >= 4 is 23.8 Å². The molecular weight excluding hydrogens is 338 g/mol. The van der Waals surface area contributed by atoms with Crippen LogP contribution >= 0.6 is 0 Å². The predicted molar refractivity (Wildman–Crippen MR) is 81.0 cm³/mol. The van der Waals surface area contributed by atoms with Gasteiger partial charge in [-0.05, 0) is 0 Å². The number of rotatable bonds is 6. The zero-order valence-corrected chi connectivity index (χ0v) is 14.8. The number of ether oxygens (including phenoxy) is 5. The molecule has 1 amide bonds. The molecule has 1 rings (SSSR count). The Bertz CT molecular complexity index is 521. The summed E-state index contributed by atoms with van der Waals surface area (Å²) in [5, 5.41) is 2.56. The van der Waals surface area contributed by atoms with Gasteiger partial charge in [-0.3, -0.25) is 19.2 Å². The molecule has 0 saturated carbocycles. The quantitative estimate of drug-likeness (QED) is 0.482. The highest BCUT2D eigenvalue weighted by Gasteiger charge is 2.50. The lowest BCUT2D eigenvalue weighted by Crippen LogP contribution is -2.66. The molecule has 0 aromatic heterocycles. The first-order chi connectivity index (χ1) is 11.6. The van der Waals surface area contributed by atoms with Crippen molar-refractivity contribution in [3.8, 4) is 0 Å². The SMILES string of the molecule is CO[C@H]1O[C@H](COC(C)=O)[C@@H](OC(C)=O)[C@@H](OC(C)=O)[C@@H]1NC(C)=O. The van der Waals surface area contributed by atoms with E-state index in [1.807, 2.05) is 0 Å². The third kappa shape index (κ3) is 6.31. The van der Waals surface area contributed by atoms with E-state index in [0.717, 1.165) is 0 Å². The Labute approximate surface area is 145 Å². The van der Waals surface area contributed by atoms with Crippen LogP contribution in [-0.2, 0) is 42.9 Å². The Morgan fingerprint density at radius 1 is 0.920 bits per heavy atom. The van der Waals surface area contributed by atoms with Crippen molar-refractivity contribution in [3.05, 3.63) is 0 Å². The fourth-order valence-electron chi connectivity index (χ4n) is 2.49. The zero-order chi connectivity index (χ0) is 19.1. The first-order valence-electron chi connectivity index (χ1n) is 7.58. The highest BCUT2D eigenvalue weighted by atomic mass is 16.7. The van der Waals surface area contributed by atoms with Crippen LogP contribution in [0.3, 0.4) is 0 Å². The van der Waals surface area contributed by atoms with E-state index >= 15 is 0 Å². The second-order valence-corrected chi connectivity index (χ2v) is 5.46. The summed E-state index contributed by atoms with van der Waals surface area (Å²) in [6, 6.07) is -0.927. The minimum atomic E-state index is -1.11. The lowest BCUT2D eigenvalue weighted by atomic mass is 9.96. The van der Waals surface area contributed by atoms with E-state index in [1.165, 1.54) is 34.8 Å². The smallest absolute Gasteiger partial charge is 0.303 e. The van der Waals surface area contributed by atoms with Crippen molar-refractivity contribution in [1.29, 1.82) is 0 Å². The Kier molecular flexibility index (Phi) is 7.78. The third-order valence-corrected chi connectivity index (χ3v) is 3.30. The van der Waals surface area contributed by atoms with Gasteiger partial charge in [0.1, 0.15) is 18.8 Å². The molecule has 1 heterocycles. The molecule has 1 N–H and O–H groups in total. The number of carbonyl (C=O) groups excluding carboxylic acids is 4. The van der Waals surface area contributed by atoms with Gasteiger partial charge < -0.3 is 29.0 Å². The Hall–Kier alpha value is -2.20. The van der Waals surface area contributed by atoms with Crippen LogP contribution in [0.4, 0.5) is 0 Å². The van der Waals surface area contributed by atoms with Gasteiger partial charge in [-0.15, -0.1) is 0 Å². The topological polar surface area (TPSA) is 126 Å². The standard InChI is InChI=1S/C15H23NO9/c1-7(17)16-12-14(24-10(4)20)13(23-9(3)19)11(6-22-8(2)18)25-15(12)21-5/h11-15H,6H2,1-5H3,(H,16,17)/t11-,12+,13-,14+,15+/m1/s1. The van der Waals surface area contributed by atoms with Gasteiger partial charge in [0.2, 0.25) is 5.91 Å². The average Bonchev–Trinajstić information content (AvgIpc) is 2.48. The van der Waals surface area contributed by atoms with Gasteiger partial charge in [0.25, 0.3) is 0 Å². The fourth-order valence-corrected chi connectivity index (χ4v) is 2.49. The van der Waals surface area contributed by atoms with Crippen molar-refractivity contribution in [3.63, 3.8) is 0 Å². The maximum Gasteiger partial charge on any atom is 0.303 e. The van der Waals surface area contributed by atoms with E-state index < -0.39 is 54.5 Å². The largest absolute Gasteiger partial charge is 0.463 e. The highest BCUT2D eigenvalue weighted by molar-refractivity contribution is 5.73. The van der Waals surface area contributed by atoms with Gasteiger partial charge in [0.15, 0.2) is 18.5 Å². The van der Waals surface area contributed by atoms with E-state index in [9.17, 15) is 19.2 Å². The van der Waals surface area contributed by atoms with Crippen LogP contribution in [0, 0.1) is 0 Å². The number of methoxy groups -OCH3 is 1. The van der Waals surface area contributed by atoms with Gasteiger partial charge in [-0.1, -0.05) is 0 Å². The number of amides is 1. The molecule has 0 radical (unpaired) electrons. The van der Waals surface area contributed by atoms with Gasteiger partial charge >= 0.3 is 17.9 Å². The Morgan fingerprint density at radius 2 is 1.48 bits per heavy atom. The summed E-state index contributed by atoms with van der Waals surface area (Å²) in [4.78, 5) is 45.5. The molecule has 0 unspecified atom stereocenters. The fraction of sp³-hybridized carbons (Fsp3) is 0.733. The molecule has 25 heavy (non-hydrogen) atoms. The molecule has 142 valence electrons. The normalized spacial score (nSPS) is 28.6. The summed E-state index contributed by atoms with van der Waals surface area (Å²) in [7, 11) is 1.33. The lowest BCUT2D eigenvalue weighted by molar-refractivity contribution is -0.271. The molecule has 5 atom stereocenters. The van der Waals surface area contributed by atoms with Crippen LogP contribution in [0.25, 0.3) is 0 Å². The minimum Gasteiger partial charge on any atom is -0.463 e. The van der Waals surface area contributed by atoms with Gasteiger partial charge in [0.05, 0.1) is 0 Å². The third-order valence-electron chi connectivity index (χ3n) is 3.30. The van der Waals surface area contributed by atoms with Crippen LogP contribution in [0.5, 0.6) is 0 Å². The molecule has 1 fully saturated rings. The number of hydrogen-bond acceptors (Lipinski definition) is 9. The minimum absolute atomic E-state index is 0.252. The maximum atomic E-state index is 11.5. The van der Waals surface area contributed by atoms with Gasteiger partial charge in [-0.25, -0.2) is 0 Å². The van der Waals surface area contributed by atoms with E-state index in [1.54, 1.807) is 0 Å². The van der Waals surface area contributed by atoms with Crippen LogP contribution in [-0.4, -0.2) is 68.2 Å². The van der Waals surface area contributed by atoms with Gasteiger partial charge in [0, 0.05) is 34.8 Å². The first-order valence-corrected chi connectivity index (χ1v) is 7.58. The first kappa shape index (κ1) is 20.8. The molecule has 1 aliphatic rings. The Morgan fingerprint density at radius 3 is 1.92 bits per heavy atom. The summed E-state index contributed by atoms with van der Waals surface area (Å²) >= 11 is 0.